The fourth-order valence-corrected chi connectivity index (χ4v) is 4.25. The molecule has 2 unspecified atom stereocenters. The van der Waals surface area contributed by atoms with Crippen LogP contribution in [0, 0.1) is 11.8 Å². The maximum atomic E-state index is 12.8. The summed E-state index contributed by atoms with van der Waals surface area (Å²) < 4.78 is 6.43. The van der Waals surface area contributed by atoms with E-state index in [0.29, 0.717) is 16.9 Å². The third-order valence-electron chi connectivity index (χ3n) is 4.97. The van der Waals surface area contributed by atoms with Gasteiger partial charge in [-0.15, -0.1) is 0 Å². The zero-order chi connectivity index (χ0) is 22.5. The van der Waals surface area contributed by atoms with Crippen molar-refractivity contribution < 1.29 is 14.4 Å². The van der Waals surface area contributed by atoms with Crippen LogP contribution >= 0.6 is 15.9 Å². The fourth-order valence-electron chi connectivity index (χ4n) is 2.97. The van der Waals surface area contributed by atoms with Crippen LogP contribution in [-0.2, 0) is 9.57 Å². The number of nitrogens with one attached hydrogen (secondary N) is 1. The summed E-state index contributed by atoms with van der Waals surface area (Å²) >= 11 is 3.32. The van der Waals surface area contributed by atoms with E-state index in [0.717, 1.165) is 17.3 Å². The molecule has 1 aliphatic heterocycles. The van der Waals surface area contributed by atoms with Crippen LogP contribution in [-0.4, -0.2) is 73.5 Å². The summed E-state index contributed by atoms with van der Waals surface area (Å²) in [6.07, 6.45) is 1.52. The van der Waals surface area contributed by atoms with E-state index in [9.17, 15) is 4.79 Å². The van der Waals surface area contributed by atoms with E-state index >= 15 is 0 Å². The number of amides is 1. The summed E-state index contributed by atoms with van der Waals surface area (Å²) in [5, 5.41) is 1.15. The lowest BCUT2D eigenvalue weighted by molar-refractivity contribution is -0.179. The largest absolute Gasteiger partial charge is 0.355 e. The number of hydrogen-bond donors (Lipinski definition) is 1. The molecule has 0 saturated carbocycles. The molecule has 2 rings (SSSR count). The molecular formula is C21H33BrN4O3Si. The highest BCUT2D eigenvalue weighted by Crippen LogP contribution is 2.22. The Labute approximate surface area is 189 Å². The van der Waals surface area contributed by atoms with E-state index in [1.165, 1.54) is 13.2 Å². The Morgan fingerprint density at radius 2 is 2.10 bits per heavy atom. The molecule has 1 amide bonds. The van der Waals surface area contributed by atoms with Crippen molar-refractivity contribution >= 4 is 29.9 Å². The van der Waals surface area contributed by atoms with Crippen LogP contribution in [0.3, 0.4) is 0 Å². The third kappa shape index (κ3) is 6.38. The Morgan fingerprint density at radius 1 is 1.40 bits per heavy atom. The van der Waals surface area contributed by atoms with Gasteiger partial charge in [-0.2, -0.15) is 5.06 Å². The van der Waals surface area contributed by atoms with Gasteiger partial charge in [0.1, 0.15) is 11.4 Å². The number of hydroxylamine groups is 2. The number of nitrogens with zero attached hydrogens (tertiary/aromatic N) is 3. The number of ether oxygens (including phenoxy) is 1. The molecule has 0 fully saturated rings. The van der Waals surface area contributed by atoms with E-state index in [1.807, 2.05) is 14.0 Å². The van der Waals surface area contributed by atoms with Gasteiger partial charge >= 0.3 is 0 Å². The topological polar surface area (TPSA) is 61.0 Å². The molecular weight excluding hydrogens is 464 g/mol. The van der Waals surface area contributed by atoms with Crippen molar-refractivity contribution in [2.75, 3.05) is 27.3 Å². The first kappa shape index (κ1) is 24.5. The molecule has 1 aromatic rings. The van der Waals surface area contributed by atoms with Crippen LogP contribution in [0.5, 0.6) is 0 Å². The number of H-pyrrole nitrogens is 1. The van der Waals surface area contributed by atoms with E-state index in [2.05, 4.69) is 75.3 Å². The van der Waals surface area contributed by atoms with E-state index in [-0.39, 0.29) is 12.1 Å². The lowest BCUT2D eigenvalue weighted by Crippen LogP contribution is -2.40. The zero-order valence-electron chi connectivity index (χ0n) is 19.0. The maximum Gasteiger partial charge on any atom is 0.297 e. The number of carbonyl (C=O) groups excluding carboxylic acids is 1. The molecule has 0 spiro atoms. The first-order chi connectivity index (χ1) is 14.1. The van der Waals surface area contributed by atoms with Crippen molar-refractivity contribution in [2.45, 2.75) is 51.9 Å². The molecule has 1 N–H and O–H groups in total. The van der Waals surface area contributed by atoms with Crippen molar-refractivity contribution in [2.24, 2.45) is 0 Å². The summed E-state index contributed by atoms with van der Waals surface area (Å²) in [6.45, 7) is 12.6. The highest BCUT2D eigenvalue weighted by molar-refractivity contribution is 9.10. The van der Waals surface area contributed by atoms with Gasteiger partial charge in [0.25, 0.3) is 5.91 Å². The molecule has 0 bridgehead atoms. The first-order valence-electron chi connectivity index (χ1n) is 10.1. The smallest absolute Gasteiger partial charge is 0.297 e. The number of carbonyl (C=O) groups is 1. The van der Waals surface area contributed by atoms with Crippen molar-refractivity contribution in [3.8, 4) is 11.8 Å². The predicted molar refractivity (Wildman–Crippen MR) is 125 cm³/mol. The highest BCUT2D eigenvalue weighted by atomic mass is 79.9. The number of rotatable bonds is 8. The fraction of sp³-hybridized carbons (Fsp3) is 0.571. The minimum absolute atomic E-state index is 0.243. The second-order valence-corrected chi connectivity index (χ2v) is 14.9. The van der Waals surface area contributed by atoms with Gasteiger partial charge in [-0.25, -0.2) is 0 Å². The van der Waals surface area contributed by atoms with Crippen LogP contribution in [0.25, 0.3) is 0 Å². The predicted octanol–water partition coefficient (Wildman–Crippen LogP) is 3.92. The molecule has 2 atom stereocenters. The lowest BCUT2D eigenvalue weighted by atomic mass is 10.3. The Balaban J connectivity index is 2.20. The molecule has 1 aromatic heterocycles. The molecule has 9 heteroatoms. The number of allylic oxidation sites excluding steroid dienone is 1. The van der Waals surface area contributed by atoms with Gasteiger partial charge in [-0.3, -0.25) is 9.63 Å². The SMILES string of the molecule is CCOC(C#CC1=CN(CC[Si](C)(C)C)C(C)N1C)N(OC)C(=O)c1ccc(Br)[nH]1. The van der Waals surface area contributed by atoms with Crippen molar-refractivity contribution in [1.82, 2.24) is 19.8 Å². The molecule has 166 valence electrons. The monoisotopic (exact) mass is 496 g/mol. The van der Waals surface area contributed by atoms with Gasteiger partial charge in [0.2, 0.25) is 6.23 Å². The lowest BCUT2D eigenvalue weighted by Gasteiger charge is -2.29. The number of aromatic amines is 1. The van der Waals surface area contributed by atoms with Gasteiger partial charge in [-0.1, -0.05) is 19.6 Å². The second-order valence-electron chi connectivity index (χ2n) is 8.42. The Hall–Kier alpha value is -1.73. The summed E-state index contributed by atoms with van der Waals surface area (Å²) in [6, 6.07) is 4.67. The van der Waals surface area contributed by atoms with Crippen LogP contribution in [0.2, 0.25) is 25.7 Å². The van der Waals surface area contributed by atoms with Crippen molar-refractivity contribution in [3.63, 3.8) is 0 Å². The average molecular weight is 498 g/mol. The first-order valence-corrected chi connectivity index (χ1v) is 14.6. The molecule has 7 nitrogen and oxygen atoms in total. The highest BCUT2D eigenvalue weighted by Gasteiger charge is 2.28. The Morgan fingerprint density at radius 3 is 2.63 bits per heavy atom. The summed E-state index contributed by atoms with van der Waals surface area (Å²) in [7, 11) is 2.35. The van der Waals surface area contributed by atoms with Crippen molar-refractivity contribution in [1.29, 1.82) is 0 Å². The Bertz CT molecular complexity index is 824. The van der Waals surface area contributed by atoms with Crippen molar-refractivity contribution in [3.05, 3.63) is 34.3 Å². The third-order valence-corrected chi connectivity index (χ3v) is 7.15. The second kappa shape index (κ2) is 10.5. The molecule has 0 saturated heterocycles. The average Bonchev–Trinajstić information content (AvgIpc) is 3.22. The number of aromatic nitrogens is 1. The van der Waals surface area contributed by atoms with Gasteiger partial charge in [0.05, 0.1) is 17.9 Å². The van der Waals surface area contributed by atoms with Gasteiger partial charge in [0.15, 0.2) is 0 Å². The van der Waals surface area contributed by atoms with Crippen LogP contribution < -0.4 is 0 Å². The maximum absolute atomic E-state index is 12.8. The molecule has 0 aromatic carbocycles. The minimum atomic E-state index is -1.12. The molecule has 2 heterocycles. The quantitative estimate of drug-likeness (QED) is 0.255. The molecule has 0 aliphatic carbocycles. The number of halogens is 1. The van der Waals surface area contributed by atoms with E-state index in [4.69, 9.17) is 9.57 Å². The van der Waals surface area contributed by atoms with Gasteiger partial charge < -0.3 is 19.5 Å². The molecule has 0 radical (unpaired) electrons. The summed E-state index contributed by atoms with van der Waals surface area (Å²) in [5.74, 6) is 5.91. The summed E-state index contributed by atoms with van der Waals surface area (Å²) in [5.41, 5.74) is 1.28. The normalized spacial score (nSPS) is 17.5. The standard InChI is InChI=1S/C21H33BrN4O3Si/c1-8-29-20(26(28-4)21(27)18-10-11-19(22)23-18)12-9-17-15-25(16(2)24(17)3)13-14-30(5,6)7/h10-11,15-16,20,23H,8,13-14H2,1-7H3. The minimum Gasteiger partial charge on any atom is -0.355 e. The molecule has 1 aliphatic rings. The number of hydrogen-bond acceptors (Lipinski definition) is 5. The van der Waals surface area contributed by atoms with E-state index < -0.39 is 14.3 Å². The molecule has 30 heavy (non-hydrogen) atoms. The van der Waals surface area contributed by atoms with Crippen LogP contribution in [0.1, 0.15) is 24.3 Å². The van der Waals surface area contributed by atoms with Crippen LogP contribution in [0.15, 0.2) is 28.6 Å². The van der Waals surface area contributed by atoms with Gasteiger partial charge in [-0.05, 0) is 59.8 Å². The zero-order valence-corrected chi connectivity index (χ0v) is 21.5. The Kier molecular flexibility index (Phi) is 8.61. The van der Waals surface area contributed by atoms with Gasteiger partial charge in [0, 0.05) is 34.5 Å². The summed E-state index contributed by atoms with van der Waals surface area (Å²) in [4.78, 5) is 25.6. The van der Waals surface area contributed by atoms with Crippen LogP contribution in [0.4, 0.5) is 0 Å². The van der Waals surface area contributed by atoms with E-state index in [1.54, 1.807) is 12.1 Å².